The highest BCUT2D eigenvalue weighted by Crippen LogP contribution is 2.17. The van der Waals surface area contributed by atoms with E-state index in [-0.39, 0.29) is 31.1 Å². The minimum Gasteiger partial charge on any atom is -0.462 e. The fourth-order valence-corrected chi connectivity index (χ4v) is 8.93. The summed E-state index contributed by atoms with van der Waals surface area (Å²) in [7, 11) is 0. The molecule has 0 aromatic heterocycles. The van der Waals surface area contributed by atoms with Gasteiger partial charge in [0.25, 0.3) is 0 Å². The molecule has 0 aromatic carbocycles. The molecule has 0 bridgehead atoms. The molecule has 0 heterocycles. The van der Waals surface area contributed by atoms with Crippen LogP contribution in [-0.4, -0.2) is 37.2 Å². The highest BCUT2D eigenvalue weighted by Gasteiger charge is 2.19. The van der Waals surface area contributed by atoms with Crippen molar-refractivity contribution in [3.05, 3.63) is 36.5 Å². The molecular weight excluding hydrogens is 841 g/mol. The number of esters is 3. The van der Waals surface area contributed by atoms with Gasteiger partial charge in [-0.2, -0.15) is 0 Å². The maximum atomic E-state index is 12.9. The molecule has 0 spiro atoms. The zero-order chi connectivity index (χ0) is 49.3. The lowest BCUT2D eigenvalue weighted by Gasteiger charge is -2.18. The van der Waals surface area contributed by atoms with E-state index in [4.69, 9.17) is 14.2 Å². The van der Waals surface area contributed by atoms with E-state index >= 15 is 0 Å². The number of allylic oxidation sites excluding steroid dienone is 6. The van der Waals surface area contributed by atoms with Crippen LogP contribution in [0.4, 0.5) is 0 Å². The Morgan fingerprint density at radius 1 is 0.309 bits per heavy atom. The van der Waals surface area contributed by atoms with Crippen molar-refractivity contribution in [1.82, 2.24) is 0 Å². The smallest absolute Gasteiger partial charge is 0.306 e. The highest BCUT2D eigenvalue weighted by molar-refractivity contribution is 5.71. The predicted octanol–water partition coefficient (Wildman–Crippen LogP) is 20.0. The molecule has 0 aliphatic heterocycles. The maximum absolute atomic E-state index is 12.9. The average molecular weight is 956 g/mol. The van der Waals surface area contributed by atoms with E-state index in [9.17, 15) is 14.4 Å². The van der Waals surface area contributed by atoms with E-state index in [1.54, 1.807) is 0 Å². The average Bonchev–Trinajstić information content (AvgIpc) is 3.34. The maximum Gasteiger partial charge on any atom is 0.306 e. The standard InChI is InChI=1S/C62H114O6/c1-4-7-10-13-16-19-22-25-28-29-30-31-32-35-37-40-43-46-49-52-55-61(64)67-58-59(68-62(65)56-53-50-47-44-41-38-34-27-24-21-18-15-12-9-6-3)57-66-60(63)54-51-48-45-42-39-36-33-26-23-20-17-14-11-8-5-2/h9,12,18,21,27,34,59H,4-8,10-11,13-17,19-20,22-26,28-33,35-58H2,1-3H3/b12-9-,21-18-,34-27-. The molecule has 68 heavy (non-hydrogen) atoms. The van der Waals surface area contributed by atoms with Crippen LogP contribution in [0.2, 0.25) is 0 Å². The van der Waals surface area contributed by atoms with Crippen LogP contribution in [0.5, 0.6) is 0 Å². The van der Waals surface area contributed by atoms with E-state index in [1.807, 2.05) is 0 Å². The van der Waals surface area contributed by atoms with Gasteiger partial charge in [-0.25, -0.2) is 0 Å². The largest absolute Gasteiger partial charge is 0.462 e. The van der Waals surface area contributed by atoms with E-state index < -0.39 is 6.10 Å². The van der Waals surface area contributed by atoms with Crippen molar-refractivity contribution in [1.29, 1.82) is 0 Å². The van der Waals surface area contributed by atoms with Crippen molar-refractivity contribution in [3.8, 4) is 0 Å². The summed E-state index contributed by atoms with van der Waals surface area (Å²) in [5.74, 6) is -0.869. The Kier molecular flexibility index (Phi) is 55.2. The van der Waals surface area contributed by atoms with E-state index in [0.29, 0.717) is 19.3 Å². The Labute approximate surface area is 423 Å². The van der Waals surface area contributed by atoms with Gasteiger partial charge in [-0.05, 0) is 51.4 Å². The van der Waals surface area contributed by atoms with Gasteiger partial charge in [0.1, 0.15) is 13.2 Å². The number of carbonyl (C=O) groups excluding carboxylic acids is 3. The van der Waals surface area contributed by atoms with Crippen molar-refractivity contribution in [2.75, 3.05) is 13.2 Å². The molecule has 398 valence electrons. The molecule has 0 saturated carbocycles. The van der Waals surface area contributed by atoms with Gasteiger partial charge >= 0.3 is 17.9 Å². The first-order chi connectivity index (χ1) is 33.5. The first kappa shape index (κ1) is 65.6. The summed E-state index contributed by atoms with van der Waals surface area (Å²) in [4.78, 5) is 38.2. The molecule has 0 N–H and O–H groups in total. The van der Waals surface area contributed by atoms with Crippen molar-refractivity contribution < 1.29 is 28.6 Å². The summed E-state index contributed by atoms with van der Waals surface area (Å²) in [6.07, 6.45) is 68.6. The molecule has 0 aliphatic rings. The summed E-state index contributed by atoms with van der Waals surface area (Å²) in [5.41, 5.74) is 0. The highest BCUT2D eigenvalue weighted by atomic mass is 16.6. The Morgan fingerprint density at radius 2 is 0.574 bits per heavy atom. The molecule has 0 saturated heterocycles. The predicted molar refractivity (Wildman–Crippen MR) is 293 cm³/mol. The molecule has 0 amide bonds. The van der Waals surface area contributed by atoms with Gasteiger partial charge in [-0.3, -0.25) is 14.4 Å². The number of unbranched alkanes of at least 4 members (excludes halogenated alkanes) is 38. The minimum atomic E-state index is -0.777. The zero-order valence-corrected chi connectivity index (χ0v) is 45.6. The van der Waals surface area contributed by atoms with Gasteiger partial charge in [0.15, 0.2) is 6.10 Å². The minimum absolute atomic E-state index is 0.0742. The number of hydrogen-bond acceptors (Lipinski definition) is 6. The molecule has 1 unspecified atom stereocenters. The summed E-state index contributed by atoms with van der Waals surface area (Å²) < 4.78 is 16.9. The Morgan fingerprint density at radius 3 is 0.897 bits per heavy atom. The van der Waals surface area contributed by atoms with Gasteiger partial charge in [0.05, 0.1) is 0 Å². The molecule has 6 nitrogen and oxygen atoms in total. The Bertz CT molecular complexity index is 1140. The first-order valence-electron chi connectivity index (χ1n) is 30.0. The lowest BCUT2D eigenvalue weighted by Crippen LogP contribution is -2.30. The van der Waals surface area contributed by atoms with Crippen LogP contribution >= 0.6 is 0 Å². The lowest BCUT2D eigenvalue weighted by atomic mass is 10.0. The summed E-state index contributed by atoms with van der Waals surface area (Å²) in [6.45, 7) is 6.57. The SMILES string of the molecule is CC/C=C\C/C=C\C/C=C\CCCCCCCC(=O)OC(COC(=O)CCCCCCCCCCCCCCCCC)COC(=O)CCCCCCCCCCCCCCCCCCCCCC. The summed E-state index contributed by atoms with van der Waals surface area (Å²) in [5, 5.41) is 0. The first-order valence-corrected chi connectivity index (χ1v) is 30.0. The molecule has 0 radical (unpaired) electrons. The Hall–Kier alpha value is -2.37. The third-order valence-corrected chi connectivity index (χ3v) is 13.4. The van der Waals surface area contributed by atoms with Crippen molar-refractivity contribution in [2.24, 2.45) is 0 Å². The van der Waals surface area contributed by atoms with Crippen LogP contribution < -0.4 is 0 Å². The number of carbonyl (C=O) groups is 3. The Balaban J connectivity index is 4.31. The van der Waals surface area contributed by atoms with E-state index in [2.05, 4.69) is 57.2 Å². The molecule has 6 heteroatoms. The fourth-order valence-electron chi connectivity index (χ4n) is 8.93. The quantitative estimate of drug-likeness (QED) is 0.0262. The summed E-state index contributed by atoms with van der Waals surface area (Å²) >= 11 is 0. The molecular formula is C62H114O6. The van der Waals surface area contributed by atoms with Crippen molar-refractivity contribution in [2.45, 2.75) is 329 Å². The van der Waals surface area contributed by atoms with Crippen molar-refractivity contribution >= 4 is 17.9 Å². The molecule has 0 fully saturated rings. The van der Waals surface area contributed by atoms with Gasteiger partial charge in [0.2, 0.25) is 0 Å². The molecule has 0 aromatic rings. The zero-order valence-electron chi connectivity index (χ0n) is 45.6. The third-order valence-electron chi connectivity index (χ3n) is 13.4. The van der Waals surface area contributed by atoms with Crippen LogP contribution in [0.25, 0.3) is 0 Å². The molecule has 1 atom stereocenters. The van der Waals surface area contributed by atoms with Crippen LogP contribution in [0, 0.1) is 0 Å². The fraction of sp³-hybridized carbons (Fsp3) is 0.855. The third kappa shape index (κ3) is 54.6. The molecule has 0 aliphatic carbocycles. The van der Waals surface area contributed by atoms with Gasteiger partial charge in [-0.15, -0.1) is 0 Å². The lowest BCUT2D eigenvalue weighted by molar-refractivity contribution is -0.167. The van der Waals surface area contributed by atoms with Gasteiger partial charge in [0, 0.05) is 19.3 Å². The van der Waals surface area contributed by atoms with Crippen LogP contribution in [-0.2, 0) is 28.6 Å². The summed E-state index contributed by atoms with van der Waals surface area (Å²) in [6, 6.07) is 0. The van der Waals surface area contributed by atoms with E-state index in [1.165, 1.54) is 186 Å². The number of ether oxygens (including phenoxy) is 3. The second-order valence-corrected chi connectivity index (χ2v) is 20.2. The van der Waals surface area contributed by atoms with Crippen molar-refractivity contribution in [3.63, 3.8) is 0 Å². The van der Waals surface area contributed by atoms with Crippen LogP contribution in [0.3, 0.4) is 0 Å². The number of rotatable bonds is 55. The van der Waals surface area contributed by atoms with Crippen LogP contribution in [0.1, 0.15) is 323 Å². The molecule has 0 rings (SSSR count). The monoisotopic (exact) mass is 955 g/mol. The number of hydrogen-bond donors (Lipinski definition) is 0. The second-order valence-electron chi connectivity index (χ2n) is 20.2. The van der Waals surface area contributed by atoms with E-state index in [0.717, 1.165) is 96.3 Å². The van der Waals surface area contributed by atoms with Crippen LogP contribution in [0.15, 0.2) is 36.5 Å². The topological polar surface area (TPSA) is 78.9 Å². The van der Waals surface area contributed by atoms with Gasteiger partial charge < -0.3 is 14.2 Å². The second kappa shape index (κ2) is 57.2. The normalized spacial score (nSPS) is 12.2. The van der Waals surface area contributed by atoms with Gasteiger partial charge in [-0.1, -0.05) is 288 Å².